The van der Waals surface area contributed by atoms with Gasteiger partial charge < -0.3 is 4.74 Å². The molecule has 0 saturated heterocycles. The lowest BCUT2D eigenvalue weighted by Gasteiger charge is -2.26. The van der Waals surface area contributed by atoms with E-state index in [4.69, 9.17) is 4.74 Å². The van der Waals surface area contributed by atoms with Gasteiger partial charge in [-0.1, -0.05) is 71.9 Å². The number of aryl methyl sites for hydroxylation is 1. The van der Waals surface area contributed by atoms with E-state index >= 15 is 0 Å². The Hall–Kier alpha value is -2.09. The maximum atomic E-state index is 5.85. The van der Waals surface area contributed by atoms with E-state index in [1.807, 2.05) is 0 Å². The maximum absolute atomic E-state index is 5.85. The minimum Gasteiger partial charge on any atom is -0.451 e. The van der Waals surface area contributed by atoms with Crippen LogP contribution in [0.2, 0.25) is 0 Å². The van der Waals surface area contributed by atoms with Crippen molar-refractivity contribution in [2.45, 2.75) is 65.2 Å². The van der Waals surface area contributed by atoms with Crippen LogP contribution in [0.25, 0.3) is 0 Å². The first-order valence-corrected chi connectivity index (χ1v) is 9.56. The van der Waals surface area contributed by atoms with Gasteiger partial charge in [-0.25, -0.2) is 0 Å². The van der Waals surface area contributed by atoms with Crippen LogP contribution in [0.3, 0.4) is 0 Å². The van der Waals surface area contributed by atoms with Crippen molar-refractivity contribution in [3.05, 3.63) is 59.2 Å². The Morgan fingerprint density at radius 1 is 0.808 bits per heavy atom. The molecule has 0 atom stereocenters. The molecular weight excluding hydrogens is 318 g/mol. The largest absolute Gasteiger partial charge is 0.451 e. The highest BCUT2D eigenvalue weighted by molar-refractivity contribution is 5.87. The highest BCUT2D eigenvalue weighted by Crippen LogP contribution is 2.39. The van der Waals surface area contributed by atoms with Crippen molar-refractivity contribution in [3.8, 4) is 0 Å². The van der Waals surface area contributed by atoms with Crippen LogP contribution in [0, 0.1) is 0 Å². The zero-order valence-electron chi connectivity index (χ0n) is 17.3. The second kappa shape index (κ2) is 6.57. The molecule has 0 saturated carbocycles. The summed E-state index contributed by atoms with van der Waals surface area (Å²) in [6.07, 6.45) is 1.95. The fourth-order valence-corrected chi connectivity index (χ4v) is 3.70. The highest BCUT2D eigenvalue weighted by Gasteiger charge is 2.34. The first kappa shape index (κ1) is 18.7. The summed E-state index contributed by atoms with van der Waals surface area (Å²) in [5.74, 6) is 1.03. The SMILES string of the molecule is COC1=[N+](c2cc(C(C)(C)C)ccc2C(C)(C)C)c2ccccc2CC1. The molecule has 2 heteroatoms. The van der Waals surface area contributed by atoms with E-state index < -0.39 is 0 Å². The number of para-hydroxylation sites is 1. The molecule has 3 rings (SSSR count). The van der Waals surface area contributed by atoms with Crippen LogP contribution < -0.4 is 4.58 Å². The van der Waals surface area contributed by atoms with Gasteiger partial charge in [0.05, 0.1) is 13.5 Å². The Balaban J connectivity index is 2.34. The summed E-state index contributed by atoms with van der Waals surface area (Å²) >= 11 is 0. The number of benzene rings is 2. The van der Waals surface area contributed by atoms with Crippen LogP contribution in [0.1, 0.15) is 64.7 Å². The molecule has 2 aromatic rings. The molecular formula is C24H32NO+. The first-order valence-electron chi connectivity index (χ1n) is 9.56. The van der Waals surface area contributed by atoms with Crippen LogP contribution in [-0.4, -0.2) is 13.0 Å². The molecule has 1 heterocycles. The van der Waals surface area contributed by atoms with Gasteiger partial charge in [-0.2, -0.15) is 0 Å². The van der Waals surface area contributed by atoms with Crippen LogP contribution in [-0.2, 0) is 22.0 Å². The van der Waals surface area contributed by atoms with Gasteiger partial charge in [0.15, 0.2) is 0 Å². The molecule has 1 aliphatic rings. The van der Waals surface area contributed by atoms with E-state index in [0.29, 0.717) is 0 Å². The van der Waals surface area contributed by atoms with Gasteiger partial charge >= 0.3 is 5.90 Å². The summed E-state index contributed by atoms with van der Waals surface area (Å²) in [4.78, 5) is 0. The van der Waals surface area contributed by atoms with E-state index in [-0.39, 0.29) is 10.8 Å². The molecule has 138 valence electrons. The van der Waals surface area contributed by atoms with Crippen molar-refractivity contribution in [2.75, 3.05) is 7.11 Å². The van der Waals surface area contributed by atoms with Crippen molar-refractivity contribution in [3.63, 3.8) is 0 Å². The molecule has 0 spiro atoms. The number of hydrogen-bond acceptors (Lipinski definition) is 1. The number of methoxy groups -OCH3 is 1. The highest BCUT2D eigenvalue weighted by atomic mass is 16.5. The quantitative estimate of drug-likeness (QED) is 0.565. The van der Waals surface area contributed by atoms with Gasteiger partial charge in [-0.3, -0.25) is 0 Å². The molecule has 0 aromatic heterocycles. The summed E-state index contributed by atoms with van der Waals surface area (Å²) in [6, 6.07) is 15.7. The van der Waals surface area contributed by atoms with E-state index in [1.54, 1.807) is 7.11 Å². The molecule has 0 bridgehead atoms. The summed E-state index contributed by atoms with van der Waals surface area (Å²) < 4.78 is 8.19. The Labute approximate surface area is 158 Å². The molecule has 0 radical (unpaired) electrons. The number of ether oxygens (including phenoxy) is 1. The van der Waals surface area contributed by atoms with Crippen LogP contribution >= 0.6 is 0 Å². The van der Waals surface area contributed by atoms with Crippen molar-refractivity contribution < 1.29 is 4.74 Å². The smallest absolute Gasteiger partial charge is 0.348 e. The van der Waals surface area contributed by atoms with Gasteiger partial charge in [0.1, 0.15) is 0 Å². The van der Waals surface area contributed by atoms with E-state index in [1.165, 1.54) is 28.1 Å². The molecule has 0 unspecified atom stereocenters. The molecule has 26 heavy (non-hydrogen) atoms. The Morgan fingerprint density at radius 2 is 1.50 bits per heavy atom. The third kappa shape index (κ3) is 3.42. The molecule has 2 aromatic carbocycles. The molecule has 0 aliphatic carbocycles. The van der Waals surface area contributed by atoms with Gasteiger partial charge in [-0.05, 0) is 22.8 Å². The van der Waals surface area contributed by atoms with Crippen molar-refractivity contribution >= 4 is 17.3 Å². The maximum Gasteiger partial charge on any atom is 0.348 e. The number of hydrogen-bond donors (Lipinski definition) is 0. The predicted octanol–water partition coefficient (Wildman–Crippen LogP) is 6.11. The average Bonchev–Trinajstić information content (AvgIpc) is 2.58. The van der Waals surface area contributed by atoms with Crippen LogP contribution in [0.4, 0.5) is 11.4 Å². The molecule has 0 N–H and O–H groups in total. The van der Waals surface area contributed by atoms with Crippen LogP contribution in [0.5, 0.6) is 0 Å². The van der Waals surface area contributed by atoms with Crippen molar-refractivity contribution in [1.82, 2.24) is 4.58 Å². The van der Waals surface area contributed by atoms with Gasteiger partial charge in [0.25, 0.3) is 0 Å². The zero-order valence-corrected chi connectivity index (χ0v) is 17.3. The molecule has 2 nitrogen and oxygen atoms in total. The third-order valence-electron chi connectivity index (χ3n) is 5.24. The van der Waals surface area contributed by atoms with Gasteiger partial charge in [0, 0.05) is 23.3 Å². The lowest BCUT2D eigenvalue weighted by molar-refractivity contribution is 0.378. The minimum absolute atomic E-state index is 0.0526. The number of nitrogens with zero attached hydrogens (tertiary/aromatic N) is 1. The standard InChI is InChI=1S/C24H32NO/c1-23(2,3)18-13-14-19(24(4,5)6)21(16-18)25-20-11-9-8-10-17(20)12-15-22(25)26-7/h8-11,13-14,16H,12,15H2,1-7H3/q+1. The summed E-state index contributed by atoms with van der Waals surface area (Å²) in [5.41, 5.74) is 6.72. The topological polar surface area (TPSA) is 12.2 Å². The lowest BCUT2D eigenvalue weighted by atomic mass is 9.80. The fraction of sp³-hybridized carbons (Fsp3) is 0.458. The third-order valence-corrected chi connectivity index (χ3v) is 5.24. The van der Waals surface area contributed by atoms with E-state index in [9.17, 15) is 0 Å². The summed E-state index contributed by atoms with van der Waals surface area (Å²) in [7, 11) is 1.79. The second-order valence-corrected chi connectivity index (χ2v) is 9.29. The van der Waals surface area contributed by atoms with Gasteiger partial charge in [0.2, 0.25) is 11.4 Å². The Kier molecular flexibility index (Phi) is 4.72. The summed E-state index contributed by atoms with van der Waals surface area (Å²) in [5, 5.41) is 0. The van der Waals surface area contributed by atoms with E-state index in [0.717, 1.165) is 18.7 Å². The fourth-order valence-electron chi connectivity index (χ4n) is 3.70. The first-order chi connectivity index (χ1) is 12.1. The van der Waals surface area contributed by atoms with Crippen molar-refractivity contribution in [2.24, 2.45) is 0 Å². The average molecular weight is 351 g/mol. The number of rotatable bonds is 1. The van der Waals surface area contributed by atoms with E-state index in [2.05, 4.69) is 88.6 Å². The summed E-state index contributed by atoms with van der Waals surface area (Å²) in [6.45, 7) is 13.7. The van der Waals surface area contributed by atoms with Gasteiger partial charge in [-0.15, -0.1) is 4.58 Å². The normalized spacial score (nSPS) is 15.0. The molecule has 1 aliphatic heterocycles. The predicted molar refractivity (Wildman–Crippen MR) is 112 cm³/mol. The monoisotopic (exact) mass is 350 g/mol. The van der Waals surface area contributed by atoms with Crippen molar-refractivity contribution in [1.29, 1.82) is 0 Å². The number of fused-ring (bicyclic) bond motifs is 1. The molecule has 0 amide bonds. The molecule has 0 fully saturated rings. The van der Waals surface area contributed by atoms with Crippen LogP contribution in [0.15, 0.2) is 42.5 Å². The Bertz CT molecular complexity index is 847. The lowest BCUT2D eigenvalue weighted by Crippen LogP contribution is -2.27. The minimum atomic E-state index is 0.0526. The zero-order chi connectivity index (χ0) is 19.1. The Morgan fingerprint density at radius 3 is 2.12 bits per heavy atom. The second-order valence-electron chi connectivity index (χ2n) is 9.29.